The summed E-state index contributed by atoms with van der Waals surface area (Å²) >= 11 is 13.3. The lowest BCUT2D eigenvalue weighted by Gasteiger charge is -2.28. The van der Waals surface area contributed by atoms with Crippen LogP contribution in [0.25, 0.3) is 0 Å². The van der Waals surface area contributed by atoms with Gasteiger partial charge in [0.1, 0.15) is 16.5 Å². The zero-order chi connectivity index (χ0) is 22.3. The zero-order valence-corrected chi connectivity index (χ0v) is 19.3. The van der Waals surface area contributed by atoms with Gasteiger partial charge in [-0.3, -0.25) is 0 Å². The topological polar surface area (TPSA) is 57.7 Å². The van der Waals surface area contributed by atoms with Crippen LogP contribution in [0.1, 0.15) is 19.4 Å². The maximum absolute atomic E-state index is 12.6. The van der Waals surface area contributed by atoms with Gasteiger partial charge >= 0.3 is 5.97 Å². The minimum Gasteiger partial charge on any atom is -0.465 e. The van der Waals surface area contributed by atoms with Crippen LogP contribution in [0.4, 0.5) is 0 Å². The molecule has 5 nitrogen and oxygen atoms in total. The summed E-state index contributed by atoms with van der Waals surface area (Å²) < 4.78 is 17.0. The fourth-order valence-corrected chi connectivity index (χ4v) is 3.96. The number of aromatic nitrogens is 1. The van der Waals surface area contributed by atoms with Gasteiger partial charge in [-0.05, 0) is 49.7 Å². The first-order valence-electron chi connectivity index (χ1n) is 9.52. The van der Waals surface area contributed by atoms with Gasteiger partial charge in [-0.2, -0.15) is 0 Å². The molecule has 0 radical (unpaired) electrons. The van der Waals surface area contributed by atoms with Crippen molar-refractivity contribution in [3.05, 3.63) is 82.5 Å². The van der Waals surface area contributed by atoms with Crippen LogP contribution in [0.5, 0.6) is 17.4 Å². The second-order valence-electron chi connectivity index (χ2n) is 6.56. The van der Waals surface area contributed by atoms with Gasteiger partial charge in [0.05, 0.1) is 11.6 Å². The lowest BCUT2D eigenvalue weighted by molar-refractivity contribution is -0.152. The quantitative estimate of drug-likeness (QED) is 0.250. The number of pyridine rings is 1. The van der Waals surface area contributed by atoms with E-state index in [0.717, 1.165) is 5.56 Å². The van der Waals surface area contributed by atoms with Gasteiger partial charge in [-0.25, -0.2) is 9.78 Å². The predicted molar refractivity (Wildman–Crippen MR) is 124 cm³/mol. The third-order valence-corrected chi connectivity index (χ3v) is 5.88. The lowest BCUT2D eigenvalue weighted by atomic mass is 10.2. The molecule has 0 saturated carbocycles. The van der Waals surface area contributed by atoms with Crippen molar-refractivity contribution in [3.63, 3.8) is 0 Å². The zero-order valence-electron chi connectivity index (χ0n) is 17.0. The second-order valence-corrected chi connectivity index (χ2v) is 8.76. The molecule has 1 aromatic heterocycles. The first-order chi connectivity index (χ1) is 14.9. The largest absolute Gasteiger partial charge is 0.465 e. The summed E-state index contributed by atoms with van der Waals surface area (Å²) in [4.78, 5) is 15.5. The van der Waals surface area contributed by atoms with E-state index in [4.69, 9.17) is 37.4 Å². The number of rotatable bonds is 9. The van der Waals surface area contributed by atoms with Crippen molar-refractivity contribution >= 4 is 40.9 Å². The van der Waals surface area contributed by atoms with E-state index in [1.54, 1.807) is 44.2 Å². The van der Waals surface area contributed by atoms with E-state index >= 15 is 0 Å². The number of thioether (sulfide) groups is 1. The van der Waals surface area contributed by atoms with Crippen LogP contribution >= 0.6 is 35.0 Å². The number of carbonyl (C=O) groups excluding carboxylic acids is 1. The van der Waals surface area contributed by atoms with E-state index in [1.807, 2.05) is 30.3 Å². The third-order valence-electron chi connectivity index (χ3n) is 4.13. The fourth-order valence-electron chi connectivity index (χ4n) is 2.58. The number of benzene rings is 2. The number of nitrogens with zero attached hydrogens (tertiary/aromatic N) is 1. The van der Waals surface area contributed by atoms with E-state index < -0.39 is 10.9 Å². The highest BCUT2D eigenvalue weighted by atomic mass is 35.5. The number of halogens is 2. The average Bonchev–Trinajstić information content (AvgIpc) is 2.76. The highest BCUT2D eigenvalue weighted by Gasteiger charge is 2.38. The van der Waals surface area contributed by atoms with Gasteiger partial charge < -0.3 is 14.2 Å². The Hall–Kier alpha value is -2.41. The molecule has 0 aliphatic heterocycles. The van der Waals surface area contributed by atoms with E-state index in [0.29, 0.717) is 27.3 Å². The molecule has 1 heterocycles. The maximum atomic E-state index is 12.6. The van der Waals surface area contributed by atoms with Crippen molar-refractivity contribution in [3.8, 4) is 17.4 Å². The number of carbonyl (C=O) groups is 1. The maximum Gasteiger partial charge on any atom is 0.361 e. The molecule has 1 unspecified atom stereocenters. The molecule has 162 valence electrons. The van der Waals surface area contributed by atoms with Crippen molar-refractivity contribution in [1.82, 2.24) is 4.98 Å². The SMILES string of the molecule is CCOC(=O)C(C)(Oc1ccc(Oc2ncc(Cl)cc2Cl)cc1)SCc1ccccc1. The van der Waals surface area contributed by atoms with E-state index in [-0.39, 0.29) is 12.5 Å². The first-order valence-corrected chi connectivity index (χ1v) is 11.3. The minimum atomic E-state index is -1.21. The summed E-state index contributed by atoms with van der Waals surface area (Å²) in [7, 11) is 0. The first kappa shape index (κ1) is 23.3. The van der Waals surface area contributed by atoms with Crippen LogP contribution in [0.2, 0.25) is 10.0 Å². The number of ether oxygens (including phenoxy) is 3. The molecule has 3 aromatic rings. The van der Waals surface area contributed by atoms with Gasteiger partial charge in [-0.1, -0.05) is 65.3 Å². The molecule has 0 saturated heterocycles. The summed E-state index contributed by atoms with van der Waals surface area (Å²) in [5, 5.41) is 0.729. The summed E-state index contributed by atoms with van der Waals surface area (Å²) in [6.45, 7) is 3.74. The van der Waals surface area contributed by atoms with Crippen molar-refractivity contribution in [2.75, 3.05) is 6.61 Å². The Morgan fingerprint density at radius 2 is 1.74 bits per heavy atom. The second kappa shape index (κ2) is 10.8. The fraction of sp³-hybridized carbons (Fsp3) is 0.217. The molecular weight excluding hydrogens is 457 g/mol. The van der Waals surface area contributed by atoms with Gasteiger partial charge in [0.25, 0.3) is 0 Å². The van der Waals surface area contributed by atoms with Crippen LogP contribution in [-0.2, 0) is 15.3 Å². The Morgan fingerprint density at radius 1 is 1.06 bits per heavy atom. The molecule has 31 heavy (non-hydrogen) atoms. The summed E-state index contributed by atoms with van der Waals surface area (Å²) in [5.74, 6) is 1.42. The van der Waals surface area contributed by atoms with Crippen molar-refractivity contribution in [1.29, 1.82) is 0 Å². The number of esters is 1. The van der Waals surface area contributed by atoms with Crippen LogP contribution in [-0.4, -0.2) is 22.5 Å². The standard InChI is InChI=1S/C23H21Cl2NO4S/c1-3-28-22(27)23(2,31-15-16-7-5-4-6-8-16)30-19-11-9-18(10-12-19)29-21-20(25)13-17(24)14-26-21/h4-14H,3,15H2,1-2H3. The molecule has 0 aliphatic rings. The Labute approximate surface area is 195 Å². The summed E-state index contributed by atoms with van der Waals surface area (Å²) in [5.41, 5.74) is 1.09. The highest BCUT2D eigenvalue weighted by Crippen LogP contribution is 2.35. The molecule has 8 heteroatoms. The molecule has 3 rings (SSSR count). The Kier molecular flexibility index (Phi) is 8.07. The van der Waals surface area contributed by atoms with Gasteiger partial charge in [0, 0.05) is 11.9 Å². The van der Waals surface area contributed by atoms with Crippen molar-refractivity contribution in [2.24, 2.45) is 0 Å². The Morgan fingerprint density at radius 3 is 2.39 bits per heavy atom. The molecule has 0 spiro atoms. The minimum absolute atomic E-state index is 0.245. The van der Waals surface area contributed by atoms with Crippen LogP contribution in [0.15, 0.2) is 66.9 Å². The van der Waals surface area contributed by atoms with Crippen LogP contribution in [0, 0.1) is 0 Å². The van der Waals surface area contributed by atoms with E-state index in [1.165, 1.54) is 18.0 Å². The molecule has 0 fully saturated rings. The van der Waals surface area contributed by atoms with Gasteiger partial charge in [-0.15, -0.1) is 0 Å². The smallest absolute Gasteiger partial charge is 0.361 e. The highest BCUT2D eigenvalue weighted by molar-refractivity contribution is 8.00. The van der Waals surface area contributed by atoms with E-state index in [2.05, 4.69) is 4.98 Å². The molecule has 0 bridgehead atoms. The van der Waals surface area contributed by atoms with Crippen molar-refractivity contribution < 1.29 is 19.0 Å². The van der Waals surface area contributed by atoms with Crippen molar-refractivity contribution in [2.45, 2.75) is 24.5 Å². The third kappa shape index (κ3) is 6.53. The molecule has 0 N–H and O–H groups in total. The number of hydrogen-bond acceptors (Lipinski definition) is 6. The van der Waals surface area contributed by atoms with Crippen LogP contribution < -0.4 is 9.47 Å². The van der Waals surface area contributed by atoms with Crippen LogP contribution in [0.3, 0.4) is 0 Å². The predicted octanol–water partition coefficient (Wildman–Crippen LogP) is 6.77. The Balaban J connectivity index is 1.71. The monoisotopic (exact) mass is 477 g/mol. The summed E-state index contributed by atoms with van der Waals surface area (Å²) in [6.07, 6.45) is 1.45. The lowest BCUT2D eigenvalue weighted by Crippen LogP contribution is -2.39. The molecule has 1 atom stereocenters. The molecule has 2 aromatic carbocycles. The normalized spacial score (nSPS) is 12.6. The summed E-state index contributed by atoms with van der Waals surface area (Å²) in [6, 6.07) is 18.2. The number of hydrogen-bond donors (Lipinski definition) is 0. The van der Waals surface area contributed by atoms with E-state index in [9.17, 15) is 4.79 Å². The average molecular weight is 478 g/mol. The van der Waals surface area contributed by atoms with Gasteiger partial charge in [0.15, 0.2) is 0 Å². The van der Waals surface area contributed by atoms with Gasteiger partial charge in [0.2, 0.25) is 10.8 Å². The molecular formula is C23H21Cl2NO4S. The Bertz CT molecular complexity index is 1020. The molecule has 0 amide bonds. The molecule has 0 aliphatic carbocycles.